The normalized spacial score (nSPS) is 17.7. The van der Waals surface area contributed by atoms with Crippen LogP contribution in [0.15, 0.2) is 58.1 Å². The van der Waals surface area contributed by atoms with Crippen molar-refractivity contribution >= 4 is 34.3 Å². The van der Waals surface area contributed by atoms with Gasteiger partial charge in [-0.05, 0) is 55.4 Å². The Hall–Kier alpha value is -3.98. The van der Waals surface area contributed by atoms with E-state index in [1.54, 1.807) is 12.4 Å². The van der Waals surface area contributed by atoms with E-state index in [1.807, 2.05) is 30.3 Å². The number of fused-ring (bicyclic) bond motifs is 1. The second kappa shape index (κ2) is 10.1. The first-order valence-corrected chi connectivity index (χ1v) is 13.2. The van der Waals surface area contributed by atoms with E-state index in [0.717, 1.165) is 40.7 Å². The Balaban J connectivity index is 1.57. The fourth-order valence-corrected chi connectivity index (χ4v) is 5.41. The number of halogens is 1. The molecular formula is C28H28ClN7O2. The predicted molar refractivity (Wildman–Crippen MR) is 147 cm³/mol. The molecule has 1 aromatic carbocycles. The van der Waals surface area contributed by atoms with E-state index in [9.17, 15) is 4.79 Å². The quantitative estimate of drug-likeness (QED) is 0.262. The molecule has 4 heterocycles. The average Bonchev–Trinajstić information content (AvgIpc) is 3.49. The van der Waals surface area contributed by atoms with Gasteiger partial charge in [-0.2, -0.15) is 0 Å². The Morgan fingerprint density at radius 1 is 1.13 bits per heavy atom. The van der Waals surface area contributed by atoms with Gasteiger partial charge in [-0.3, -0.25) is 14.5 Å². The number of pyridine rings is 2. The zero-order valence-electron chi connectivity index (χ0n) is 21.2. The molecule has 0 spiro atoms. The Labute approximate surface area is 224 Å². The molecule has 0 saturated heterocycles. The Kier molecular flexibility index (Phi) is 6.45. The topological polar surface area (TPSA) is 115 Å². The van der Waals surface area contributed by atoms with Crippen molar-refractivity contribution in [2.45, 2.75) is 46.1 Å². The van der Waals surface area contributed by atoms with Crippen LogP contribution in [0.25, 0.3) is 33.8 Å². The Bertz CT molecular complexity index is 1660. The summed E-state index contributed by atoms with van der Waals surface area (Å²) >= 11 is 6.35. The standard InChI is InChI=1S/C28H28ClN7O2/c1-16-7-9-18(10-8-16)15-36-25-22(33-27(36)32-21-6-4-3-5-17(21)2)12-23(26-34-28(37)38-35-26)31-24(25)19-11-20(29)14-30-13-19/h3-6,11-14,16,18H,7-10,15H2,1-2H3,(H,32,33)(H,34,35,37)/t16-,18-. The van der Waals surface area contributed by atoms with Gasteiger partial charge < -0.3 is 9.88 Å². The first-order valence-electron chi connectivity index (χ1n) is 12.9. The SMILES string of the molecule is Cc1ccccc1Nc1nc2cc(-c3noc(=O)[nH]3)nc(-c3cncc(Cl)c3)c2n1C[C@H]1CC[C@H](C)CC1. The van der Waals surface area contributed by atoms with Gasteiger partial charge in [-0.25, -0.2) is 14.8 Å². The molecule has 0 aliphatic heterocycles. The molecule has 194 valence electrons. The molecule has 1 saturated carbocycles. The molecule has 0 unspecified atom stereocenters. The third-order valence-corrected chi connectivity index (χ3v) is 7.56. The summed E-state index contributed by atoms with van der Waals surface area (Å²) in [5, 5.41) is 7.93. The molecule has 1 fully saturated rings. The molecular weight excluding hydrogens is 502 g/mol. The number of aromatic amines is 1. The van der Waals surface area contributed by atoms with Crippen LogP contribution in [0.5, 0.6) is 0 Å². The third-order valence-electron chi connectivity index (χ3n) is 7.35. The number of rotatable bonds is 6. The second-order valence-corrected chi connectivity index (χ2v) is 10.6. The molecule has 6 rings (SSSR count). The van der Waals surface area contributed by atoms with E-state index in [4.69, 9.17) is 26.1 Å². The van der Waals surface area contributed by atoms with Gasteiger partial charge in [-0.1, -0.05) is 54.7 Å². The first kappa shape index (κ1) is 24.4. The fraction of sp³-hybridized carbons (Fsp3) is 0.321. The van der Waals surface area contributed by atoms with E-state index in [0.29, 0.717) is 27.8 Å². The zero-order valence-corrected chi connectivity index (χ0v) is 22.0. The van der Waals surface area contributed by atoms with E-state index in [1.165, 1.54) is 25.7 Å². The van der Waals surface area contributed by atoms with Gasteiger partial charge in [0.05, 0.1) is 21.7 Å². The lowest BCUT2D eigenvalue weighted by atomic mass is 9.83. The van der Waals surface area contributed by atoms with Gasteiger partial charge in [0, 0.05) is 30.2 Å². The summed E-state index contributed by atoms with van der Waals surface area (Å²) in [7, 11) is 0. The number of benzene rings is 1. The molecule has 4 aromatic heterocycles. The van der Waals surface area contributed by atoms with Crippen molar-refractivity contribution in [3.63, 3.8) is 0 Å². The summed E-state index contributed by atoms with van der Waals surface area (Å²) in [6.45, 7) is 5.21. The van der Waals surface area contributed by atoms with Crippen molar-refractivity contribution in [2.75, 3.05) is 5.32 Å². The first-order chi connectivity index (χ1) is 18.4. The molecule has 5 aromatic rings. The maximum Gasteiger partial charge on any atom is 0.439 e. The summed E-state index contributed by atoms with van der Waals surface area (Å²) in [5.74, 6) is 1.61. The molecule has 38 heavy (non-hydrogen) atoms. The maximum absolute atomic E-state index is 11.7. The number of aryl methyl sites for hydroxylation is 1. The van der Waals surface area contributed by atoms with E-state index in [2.05, 4.69) is 44.9 Å². The average molecular weight is 530 g/mol. The van der Waals surface area contributed by atoms with Crippen LogP contribution in [0.1, 0.15) is 38.2 Å². The largest absolute Gasteiger partial charge is 0.439 e. The van der Waals surface area contributed by atoms with Crippen LogP contribution in [-0.2, 0) is 6.54 Å². The lowest BCUT2D eigenvalue weighted by Crippen LogP contribution is -2.19. The number of nitrogens with one attached hydrogen (secondary N) is 2. The number of aromatic nitrogens is 6. The third kappa shape index (κ3) is 4.81. The van der Waals surface area contributed by atoms with Crippen molar-refractivity contribution < 1.29 is 4.52 Å². The van der Waals surface area contributed by atoms with Crippen LogP contribution in [0.2, 0.25) is 5.02 Å². The highest BCUT2D eigenvalue weighted by molar-refractivity contribution is 6.30. The lowest BCUT2D eigenvalue weighted by Gasteiger charge is -2.27. The second-order valence-electron chi connectivity index (χ2n) is 10.2. The molecule has 0 bridgehead atoms. The molecule has 10 heteroatoms. The Morgan fingerprint density at radius 2 is 1.95 bits per heavy atom. The minimum Gasteiger partial charge on any atom is -0.325 e. The number of anilines is 2. The van der Waals surface area contributed by atoms with Crippen molar-refractivity contribution in [2.24, 2.45) is 11.8 Å². The van der Waals surface area contributed by atoms with Crippen molar-refractivity contribution in [1.82, 2.24) is 29.7 Å². The van der Waals surface area contributed by atoms with Gasteiger partial charge in [0.15, 0.2) is 0 Å². The van der Waals surface area contributed by atoms with Crippen molar-refractivity contribution in [3.05, 3.63) is 69.9 Å². The molecule has 0 radical (unpaired) electrons. The smallest absolute Gasteiger partial charge is 0.325 e. The van der Waals surface area contributed by atoms with Crippen LogP contribution >= 0.6 is 11.6 Å². The monoisotopic (exact) mass is 529 g/mol. The van der Waals surface area contributed by atoms with Crippen LogP contribution in [0.4, 0.5) is 11.6 Å². The summed E-state index contributed by atoms with van der Waals surface area (Å²) in [4.78, 5) is 28.6. The van der Waals surface area contributed by atoms with Gasteiger partial charge in [0.1, 0.15) is 5.69 Å². The van der Waals surface area contributed by atoms with E-state index >= 15 is 0 Å². The number of hydrogen-bond acceptors (Lipinski definition) is 7. The van der Waals surface area contributed by atoms with Crippen molar-refractivity contribution in [3.8, 4) is 22.8 Å². The maximum atomic E-state index is 11.7. The number of nitrogens with zero attached hydrogens (tertiary/aromatic N) is 5. The summed E-state index contributed by atoms with van der Waals surface area (Å²) < 4.78 is 6.99. The number of H-pyrrole nitrogens is 1. The highest BCUT2D eigenvalue weighted by Crippen LogP contribution is 2.37. The number of hydrogen-bond donors (Lipinski definition) is 2. The molecule has 0 amide bonds. The summed E-state index contributed by atoms with van der Waals surface area (Å²) in [6, 6.07) is 11.8. The van der Waals surface area contributed by atoms with Crippen molar-refractivity contribution in [1.29, 1.82) is 0 Å². The molecule has 1 aliphatic rings. The highest BCUT2D eigenvalue weighted by atomic mass is 35.5. The summed E-state index contributed by atoms with van der Waals surface area (Å²) in [6.07, 6.45) is 8.12. The van der Waals surface area contributed by atoms with Crippen LogP contribution in [-0.4, -0.2) is 29.7 Å². The zero-order chi connectivity index (χ0) is 26.2. The number of para-hydroxylation sites is 1. The fourth-order valence-electron chi connectivity index (χ4n) is 5.24. The molecule has 1 aliphatic carbocycles. The molecule has 2 N–H and O–H groups in total. The van der Waals surface area contributed by atoms with Gasteiger partial charge in [-0.15, -0.1) is 0 Å². The highest BCUT2D eigenvalue weighted by Gasteiger charge is 2.25. The lowest BCUT2D eigenvalue weighted by molar-refractivity contribution is 0.267. The molecule has 0 atom stereocenters. The Morgan fingerprint density at radius 3 is 2.68 bits per heavy atom. The number of imidazole rings is 1. The van der Waals surface area contributed by atoms with Crippen LogP contribution in [0, 0.1) is 18.8 Å². The van der Waals surface area contributed by atoms with Gasteiger partial charge in [0.2, 0.25) is 11.8 Å². The minimum absolute atomic E-state index is 0.234. The summed E-state index contributed by atoms with van der Waals surface area (Å²) in [5.41, 5.74) is 5.54. The van der Waals surface area contributed by atoms with E-state index in [-0.39, 0.29) is 5.82 Å². The minimum atomic E-state index is -0.646. The predicted octanol–water partition coefficient (Wildman–Crippen LogP) is 6.37. The van der Waals surface area contributed by atoms with Gasteiger partial charge in [0.25, 0.3) is 0 Å². The van der Waals surface area contributed by atoms with Crippen LogP contribution < -0.4 is 11.1 Å². The van der Waals surface area contributed by atoms with Crippen LogP contribution in [0.3, 0.4) is 0 Å². The molecule has 9 nitrogen and oxygen atoms in total. The van der Waals surface area contributed by atoms with E-state index < -0.39 is 5.76 Å². The van der Waals surface area contributed by atoms with Gasteiger partial charge >= 0.3 is 5.76 Å².